The lowest BCUT2D eigenvalue weighted by Crippen LogP contribution is -2.29. The van der Waals surface area contributed by atoms with Crippen molar-refractivity contribution in [3.8, 4) is 17.2 Å². The summed E-state index contributed by atoms with van der Waals surface area (Å²) in [5.74, 6) is -1.79. The van der Waals surface area contributed by atoms with Crippen LogP contribution in [0.1, 0.15) is 17.4 Å². The number of carbonyl (C=O) groups is 2. The molecule has 1 saturated heterocycles. The first-order valence-corrected chi connectivity index (χ1v) is 9.33. The summed E-state index contributed by atoms with van der Waals surface area (Å²) in [6.07, 6.45) is 1.39. The molecule has 0 radical (unpaired) electrons. The van der Waals surface area contributed by atoms with Crippen LogP contribution in [0.4, 0.5) is 5.69 Å². The van der Waals surface area contributed by atoms with E-state index in [0.717, 1.165) is 4.90 Å². The fourth-order valence-electron chi connectivity index (χ4n) is 3.68. The lowest BCUT2D eigenvalue weighted by molar-refractivity contribution is -0.132. The number of ether oxygens (including phenoxy) is 2. The molecule has 1 atom stereocenters. The maximum atomic E-state index is 13.1. The number of aliphatic hydroxyl groups is 1. The van der Waals surface area contributed by atoms with E-state index in [1.165, 1.54) is 32.6 Å². The molecule has 31 heavy (non-hydrogen) atoms. The number of amides is 1. The van der Waals surface area contributed by atoms with Crippen LogP contribution in [-0.4, -0.2) is 36.1 Å². The number of phenols is 1. The molecule has 2 N–H and O–H groups in total. The second-order valence-corrected chi connectivity index (χ2v) is 6.71. The summed E-state index contributed by atoms with van der Waals surface area (Å²) in [5.41, 5.74) is 0.0161. The van der Waals surface area contributed by atoms with Gasteiger partial charge >= 0.3 is 0 Å². The number of hydrogen-bond acceptors (Lipinski definition) is 7. The number of aromatic hydroxyl groups is 1. The number of phenolic OH excluding ortho intramolecular Hbond substituents is 1. The highest BCUT2D eigenvalue weighted by Crippen LogP contribution is 2.46. The molecular formula is C23H19NO7. The van der Waals surface area contributed by atoms with Crippen LogP contribution in [0.5, 0.6) is 17.2 Å². The Morgan fingerprint density at radius 3 is 2.23 bits per heavy atom. The van der Waals surface area contributed by atoms with Crippen LogP contribution in [0, 0.1) is 0 Å². The zero-order valence-electron chi connectivity index (χ0n) is 16.7. The first-order chi connectivity index (χ1) is 15.0. The highest BCUT2D eigenvalue weighted by Gasteiger charge is 2.49. The van der Waals surface area contributed by atoms with Crippen molar-refractivity contribution in [2.45, 2.75) is 6.04 Å². The van der Waals surface area contributed by atoms with E-state index in [1.54, 1.807) is 42.5 Å². The smallest absolute Gasteiger partial charge is 0.300 e. The Morgan fingerprint density at radius 1 is 0.968 bits per heavy atom. The highest BCUT2D eigenvalue weighted by molar-refractivity contribution is 6.51. The molecular weight excluding hydrogens is 402 g/mol. The van der Waals surface area contributed by atoms with Crippen LogP contribution in [0.3, 0.4) is 0 Å². The summed E-state index contributed by atoms with van der Waals surface area (Å²) < 4.78 is 16.2. The van der Waals surface area contributed by atoms with Gasteiger partial charge in [0.05, 0.1) is 31.7 Å². The molecule has 4 rings (SSSR count). The number of hydrogen-bond donors (Lipinski definition) is 2. The number of furan rings is 1. The van der Waals surface area contributed by atoms with E-state index in [0.29, 0.717) is 0 Å². The maximum Gasteiger partial charge on any atom is 0.300 e. The monoisotopic (exact) mass is 421 g/mol. The van der Waals surface area contributed by atoms with Gasteiger partial charge in [0.25, 0.3) is 11.7 Å². The first-order valence-electron chi connectivity index (χ1n) is 9.33. The molecule has 158 valence electrons. The highest BCUT2D eigenvalue weighted by atomic mass is 16.5. The number of Topliss-reactive ketones (excluding diaryl/α,β-unsaturated/α-hetero) is 1. The number of para-hydroxylation sites is 2. The van der Waals surface area contributed by atoms with Crippen molar-refractivity contribution in [1.82, 2.24) is 0 Å². The zero-order valence-corrected chi connectivity index (χ0v) is 16.7. The Kier molecular flexibility index (Phi) is 5.12. The number of carbonyl (C=O) groups excluding carboxylic acids is 2. The van der Waals surface area contributed by atoms with Gasteiger partial charge in [-0.05, 0) is 36.4 Å². The van der Waals surface area contributed by atoms with E-state index in [1.807, 2.05) is 0 Å². The molecule has 0 saturated carbocycles. The normalized spacial score (nSPS) is 17.7. The lowest BCUT2D eigenvalue weighted by atomic mass is 9.98. The number of aliphatic hydroxyl groups excluding tert-OH is 1. The van der Waals surface area contributed by atoms with Gasteiger partial charge in [-0.2, -0.15) is 0 Å². The summed E-state index contributed by atoms with van der Waals surface area (Å²) in [4.78, 5) is 27.2. The average Bonchev–Trinajstić information content (AvgIpc) is 3.40. The van der Waals surface area contributed by atoms with Gasteiger partial charge in [-0.1, -0.05) is 18.2 Å². The van der Waals surface area contributed by atoms with Crippen LogP contribution in [0.25, 0.3) is 5.76 Å². The van der Waals surface area contributed by atoms with Crippen molar-refractivity contribution in [3.05, 3.63) is 77.8 Å². The van der Waals surface area contributed by atoms with Crippen molar-refractivity contribution in [1.29, 1.82) is 0 Å². The number of anilines is 1. The minimum Gasteiger partial charge on any atom is -0.506 e. The third-order valence-electron chi connectivity index (χ3n) is 5.06. The minimum absolute atomic E-state index is 0.108. The molecule has 8 heteroatoms. The fraction of sp³-hybridized carbons (Fsp3) is 0.130. The van der Waals surface area contributed by atoms with E-state index in [2.05, 4.69) is 0 Å². The lowest BCUT2D eigenvalue weighted by Gasteiger charge is -2.24. The Morgan fingerprint density at radius 2 is 1.65 bits per heavy atom. The topological polar surface area (TPSA) is 109 Å². The summed E-state index contributed by atoms with van der Waals surface area (Å²) >= 11 is 0. The van der Waals surface area contributed by atoms with Crippen LogP contribution in [0.15, 0.2) is 70.9 Å². The number of nitrogens with zero attached hydrogens (tertiary/aromatic N) is 1. The number of rotatable bonds is 5. The molecule has 8 nitrogen and oxygen atoms in total. The van der Waals surface area contributed by atoms with Gasteiger partial charge in [-0.25, -0.2) is 0 Å². The third-order valence-corrected chi connectivity index (χ3v) is 5.06. The molecule has 3 aromatic rings. The molecule has 2 heterocycles. The molecule has 0 bridgehead atoms. The summed E-state index contributed by atoms with van der Waals surface area (Å²) in [5, 5.41) is 21.6. The van der Waals surface area contributed by atoms with Crippen molar-refractivity contribution >= 4 is 23.1 Å². The van der Waals surface area contributed by atoms with Gasteiger partial charge in [0.15, 0.2) is 0 Å². The van der Waals surface area contributed by atoms with Gasteiger partial charge < -0.3 is 24.1 Å². The largest absolute Gasteiger partial charge is 0.506 e. The summed E-state index contributed by atoms with van der Waals surface area (Å²) in [6.45, 7) is 0. The molecule has 1 aliphatic rings. The molecule has 1 amide bonds. The van der Waals surface area contributed by atoms with Gasteiger partial charge in [0.1, 0.15) is 40.4 Å². The Balaban J connectivity index is 2.01. The van der Waals surface area contributed by atoms with Crippen LogP contribution < -0.4 is 14.4 Å². The first kappa shape index (κ1) is 20.1. The second kappa shape index (κ2) is 7.91. The molecule has 1 aliphatic heterocycles. The van der Waals surface area contributed by atoms with E-state index in [9.17, 15) is 19.8 Å². The van der Waals surface area contributed by atoms with Crippen molar-refractivity contribution in [3.63, 3.8) is 0 Å². The Hall–Kier alpha value is -4.20. The Labute approximate surface area is 177 Å². The number of methoxy groups -OCH3 is 2. The van der Waals surface area contributed by atoms with E-state index < -0.39 is 23.5 Å². The third kappa shape index (κ3) is 3.18. The van der Waals surface area contributed by atoms with Crippen LogP contribution >= 0.6 is 0 Å². The van der Waals surface area contributed by atoms with Gasteiger partial charge in [-0.3, -0.25) is 14.5 Å². The fourth-order valence-corrected chi connectivity index (χ4v) is 3.68. The predicted octanol–water partition coefficient (Wildman–Crippen LogP) is 3.63. The SMILES string of the molecule is COc1cccc(OC)c1/C(O)=C1\C(=O)C(=O)N(c2ccccc2O)C1c1ccco1. The van der Waals surface area contributed by atoms with Crippen molar-refractivity contribution in [2.75, 3.05) is 19.1 Å². The van der Waals surface area contributed by atoms with Crippen LogP contribution in [-0.2, 0) is 9.59 Å². The predicted molar refractivity (Wildman–Crippen MR) is 111 cm³/mol. The van der Waals surface area contributed by atoms with Gasteiger partial charge in [-0.15, -0.1) is 0 Å². The molecule has 1 unspecified atom stereocenters. The Bertz CT molecular complexity index is 1160. The molecule has 1 aromatic heterocycles. The standard InChI is InChI=1S/C23H19NO7/c1-29-15-9-5-10-16(30-2)18(15)21(26)19-20(17-11-6-12-31-17)24(23(28)22(19)27)13-7-3-4-8-14(13)25/h3-12,20,25-26H,1-2H3/b21-19+. The van der Waals surface area contributed by atoms with Gasteiger partial charge in [0, 0.05) is 0 Å². The van der Waals surface area contributed by atoms with E-state index in [4.69, 9.17) is 13.9 Å². The van der Waals surface area contributed by atoms with E-state index in [-0.39, 0.29) is 39.8 Å². The summed E-state index contributed by atoms with van der Waals surface area (Å²) in [7, 11) is 2.83. The number of ketones is 1. The zero-order chi connectivity index (χ0) is 22.1. The average molecular weight is 421 g/mol. The number of benzene rings is 2. The summed E-state index contributed by atoms with van der Waals surface area (Å²) in [6, 6.07) is 13.0. The van der Waals surface area contributed by atoms with Crippen LogP contribution in [0.2, 0.25) is 0 Å². The maximum absolute atomic E-state index is 13.1. The van der Waals surface area contributed by atoms with Crippen molar-refractivity contribution in [2.24, 2.45) is 0 Å². The quantitative estimate of drug-likeness (QED) is 0.368. The molecule has 0 aliphatic carbocycles. The molecule has 2 aromatic carbocycles. The second-order valence-electron chi connectivity index (χ2n) is 6.71. The van der Waals surface area contributed by atoms with Gasteiger partial charge in [0.2, 0.25) is 0 Å². The minimum atomic E-state index is -1.11. The molecule has 1 fully saturated rings. The van der Waals surface area contributed by atoms with E-state index >= 15 is 0 Å². The van der Waals surface area contributed by atoms with Crippen molar-refractivity contribution < 1.29 is 33.7 Å². The molecule has 0 spiro atoms.